The van der Waals surface area contributed by atoms with Gasteiger partial charge in [-0.15, -0.1) is 0 Å². The minimum atomic E-state index is -0.473. The first kappa shape index (κ1) is 14.6. The van der Waals surface area contributed by atoms with E-state index in [9.17, 15) is 9.59 Å². The normalized spacial score (nSPS) is 17.9. The van der Waals surface area contributed by atoms with Crippen molar-refractivity contribution < 1.29 is 14.3 Å². The molecule has 3 N–H and O–H groups in total. The highest BCUT2D eigenvalue weighted by atomic mass is 79.9. The monoisotopic (exact) mass is 341 g/mol. The van der Waals surface area contributed by atoms with Crippen molar-refractivity contribution in [2.75, 3.05) is 25.9 Å². The number of benzene rings is 1. The highest BCUT2D eigenvalue weighted by molar-refractivity contribution is 9.10. The Bertz CT molecular complexity index is 536. The third-order valence-corrected chi connectivity index (χ3v) is 3.92. The number of carbonyl (C=O) groups is 2. The third-order valence-electron chi connectivity index (χ3n) is 3.23. The van der Waals surface area contributed by atoms with Crippen molar-refractivity contribution in [2.45, 2.75) is 12.5 Å². The molecule has 1 saturated heterocycles. The quantitative estimate of drug-likeness (QED) is 0.800. The molecule has 20 heavy (non-hydrogen) atoms. The number of anilines is 1. The number of nitrogens with one attached hydrogen (secondary N) is 1. The summed E-state index contributed by atoms with van der Waals surface area (Å²) in [5, 5.41) is 2.70. The fourth-order valence-electron chi connectivity index (χ4n) is 2.13. The van der Waals surface area contributed by atoms with Gasteiger partial charge in [-0.3, -0.25) is 4.79 Å². The van der Waals surface area contributed by atoms with Gasteiger partial charge in [0, 0.05) is 28.8 Å². The molecule has 1 fully saturated rings. The first-order chi connectivity index (χ1) is 9.51. The molecule has 1 aliphatic heterocycles. The summed E-state index contributed by atoms with van der Waals surface area (Å²) in [6.45, 7) is 1.09. The fraction of sp³-hybridized carbons (Fsp3) is 0.385. The molecule has 1 unspecified atom stereocenters. The molecule has 1 atom stereocenters. The number of methoxy groups -OCH3 is 1. The average molecular weight is 342 g/mol. The second-order valence-corrected chi connectivity index (χ2v) is 5.46. The van der Waals surface area contributed by atoms with Crippen molar-refractivity contribution in [1.29, 1.82) is 0 Å². The lowest BCUT2D eigenvalue weighted by molar-refractivity contribution is 0.0788. The van der Waals surface area contributed by atoms with Crippen molar-refractivity contribution >= 4 is 33.6 Å². The molecule has 6 nitrogen and oxygen atoms in total. The Labute approximate surface area is 125 Å². The topological polar surface area (TPSA) is 84.7 Å². The number of nitrogens with zero attached hydrogens (tertiary/aromatic N) is 1. The number of hydrogen-bond donors (Lipinski definition) is 2. The van der Waals surface area contributed by atoms with Gasteiger partial charge in [0.25, 0.3) is 5.91 Å². The summed E-state index contributed by atoms with van der Waals surface area (Å²) in [5.74, 6) is -0.0696. The molecule has 2 rings (SSSR count). The van der Waals surface area contributed by atoms with Gasteiger partial charge in [0.2, 0.25) is 0 Å². The summed E-state index contributed by atoms with van der Waals surface area (Å²) < 4.78 is 5.25. The second-order valence-electron chi connectivity index (χ2n) is 4.61. The van der Waals surface area contributed by atoms with Crippen LogP contribution in [0.25, 0.3) is 0 Å². The van der Waals surface area contributed by atoms with Crippen molar-refractivity contribution in [3.05, 3.63) is 28.2 Å². The number of hydrogen-bond acceptors (Lipinski definition) is 4. The van der Waals surface area contributed by atoms with Gasteiger partial charge < -0.3 is 20.7 Å². The number of likely N-dealkylation sites (tertiary alicyclic amines) is 1. The molecule has 1 aromatic carbocycles. The lowest BCUT2D eigenvalue weighted by Gasteiger charge is -2.17. The molecule has 0 saturated carbocycles. The number of alkyl carbamates (subject to hydrolysis) is 1. The van der Waals surface area contributed by atoms with E-state index in [2.05, 4.69) is 26.0 Å². The van der Waals surface area contributed by atoms with Gasteiger partial charge in [0.1, 0.15) is 0 Å². The van der Waals surface area contributed by atoms with E-state index in [4.69, 9.17) is 5.73 Å². The Morgan fingerprint density at radius 3 is 2.90 bits per heavy atom. The lowest BCUT2D eigenvalue weighted by atomic mass is 10.2. The first-order valence-corrected chi connectivity index (χ1v) is 6.99. The number of ether oxygens (including phenoxy) is 1. The Kier molecular flexibility index (Phi) is 4.49. The van der Waals surface area contributed by atoms with Crippen LogP contribution in [0.15, 0.2) is 22.7 Å². The van der Waals surface area contributed by atoms with Crippen molar-refractivity contribution in [2.24, 2.45) is 0 Å². The minimum Gasteiger partial charge on any atom is -0.453 e. The number of nitrogens with two attached hydrogens (primary N) is 1. The first-order valence-electron chi connectivity index (χ1n) is 6.20. The van der Waals surface area contributed by atoms with Crippen molar-refractivity contribution in [3.8, 4) is 0 Å². The number of nitrogen functional groups attached to an aromatic ring is 1. The number of halogens is 1. The molecule has 1 aromatic rings. The Morgan fingerprint density at radius 2 is 2.25 bits per heavy atom. The van der Waals surface area contributed by atoms with Crippen LogP contribution < -0.4 is 11.1 Å². The van der Waals surface area contributed by atoms with Crippen LogP contribution in [0, 0.1) is 0 Å². The lowest BCUT2D eigenvalue weighted by Crippen LogP contribution is -2.38. The van der Waals surface area contributed by atoms with E-state index in [1.54, 1.807) is 23.1 Å². The van der Waals surface area contributed by atoms with E-state index in [0.29, 0.717) is 28.8 Å². The van der Waals surface area contributed by atoms with Crippen LogP contribution in [0.1, 0.15) is 16.8 Å². The molecule has 2 amide bonds. The van der Waals surface area contributed by atoms with E-state index in [1.165, 1.54) is 7.11 Å². The number of rotatable bonds is 2. The van der Waals surface area contributed by atoms with Gasteiger partial charge in [0.05, 0.1) is 13.2 Å². The summed E-state index contributed by atoms with van der Waals surface area (Å²) in [7, 11) is 1.32. The predicted molar refractivity (Wildman–Crippen MR) is 78.4 cm³/mol. The predicted octanol–water partition coefficient (Wildman–Crippen LogP) is 1.60. The van der Waals surface area contributed by atoms with Crippen LogP contribution in [0.5, 0.6) is 0 Å². The highest BCUT2D eigenvalue weighted by Gasteiger charge is 2.28. The SMILES string of the molecule is COC(=O)NC1CCN(C(=O)c2ccc(N)c(Br)c2)C1. The molecule has 1 aliphatic rings. The summed E-state index contributed by atoms with van der Waals surface area (Å²) in [6.07, 6.45) is 0.247. The summed E-state index contributed by atoms with van der Waals surface area (Å²) in [4.78, 5) is 25.2. The summed E-state index contributed by atoms with van der Waals surface area (Å²) in [6, 6.07) is 5.03. The van der Waals surface area contributed by atoms with Gasteiger partial charge in [-0.05, 0) is 40.5 Å². The molecular weight excluding hydrogens is 326 g/mol. The van der Waals surface area contributed by atoms with Crippen LogP contribution in [0.3, 0.4) is 0 Å². The zero-order chi connectivity index (χ0) is 14.7. The maximum atomic E-state index is 12.3. The van der Waals surface area contributed by atoms with Crippen molar-refractivity contribution in [1.82, 2.24) is 10.2 Å². The van der Waals surface area contributed by atoms with Gasteiger partial charge in [-0.2, -0.15) is 0 Å². The van der Waals surface area contributed by atoms with Crippen LogP contribution >= 0.6 is 15.9 Å². The number of carbonyl (C=O) groups excluding carboxylic acids is 2. The number of amides is 2. The molecule has 0 spiro atoms. The van der Waals surface area contributed by atoms with Crippen LogP contribution in [0.4, 0.5) is 10.5 Å². The minimum absolute atomic E-state index is 0.0661. The van der Waals surface area contributed by atoms with E-state index in [0.717, 1.165) is 6.42 Å². The molecule has 108 valence electrons. The third kappa shape index (κ3) is 3.22. The molecule has 0 radical (unpaired) electrons. The fourth-order valence-corrected chi connectivity index (χ4v) is 2.51. The van der Waals surface area contributed by atoms with Crippen LogP contribution in [-0.4, -0.2) is 43.1 Å². The average Bonchev–Trinajstić information content (AvgIpc) is 2.89. The molecule has 0 aliphatic carbocycles. The zero-order valence-electron chi connectivity index (χ0n) is 11.1. The van der Waals surface area contributed by atoms with Gasteiger partial charge in [-0.25, -0.2) is 4.79 Å². The van der Waals surface area contributed by atoms with E-state index in [1.807, 2.05) is 0 Å². The van der Waals surface area contributed by atoms with Gasteiger partial charge in [0.15, 0.2) is 0 Å². The second kappa shape index (κ2) is 6.13. The molecular formula is C13H16BrN3O3. The summed E-state index contributed by atoms with van der Waals surface area (Å²) >= 11 is 3.31. The van der Waals surface area contributed by atoms with E-state index >= 15 is 0 Å². The van der Waals surface area contributed by atoms with E-state index in [-0.39, 0.29) is 11.9 Å². The maximum absolute atomic E-state index is 12.3. The molecule has 1 heterocycles. The zero-order valence-corrected chi connectivity index (χ0v) is 12.6. The Morgan fingerprint density at radius 1 is 1.50 bits per heavy atom. The maximum Gasteiger partial charge on any atom is 0.407 e. The molecule has 0 bridgehead atoms. The largest absolute Gasteiger partial charge is 0.453 e. The molecule has 7 heteroatoms. The van der Waals surface area contributed by atoms with Gasteiger partial charge >= 0.3 is 6.09 Å². The molecule has 0 aromatic heterocycles. The smallest absolute Gasteiger partial charge is 0.407 e. The van der Waals surface area contributed by atoms with Gasteiger partial charge in [-0.1, -0.05) is 0 Å². The Hall–Kier alpha value is -1.76. The standard InChI is InChI=1S/C13H16BrN3O3/c1-20-13(19)16-9-4-5-17(7-9)12(18)8-2-3-11(15)10(14)6-8/h2-3,6,9H,4-5,7,15H2,1H3,(H,16,19). The Balaban J connectivity index is 2.00. The van der Waals surface area contributed by atoms with Crippen LogP contribution in [-0.2, 0) is 4.74 Å². The van der Waals surface area contributed by atoms with Crippen LogP contribution in [0.2, 0.25) is 0 Å². The summed E-state index contributed by atoms with van der Waals surface area (Å²) in [5.41, 5.74) is 6.87. The van der Waals surface area contributed by atoms with Crippen molar-refractivity contribution in [3.63, 3.8) is 0 Å². The highest BCUT2D eigenvalue weighted by Crippen LogP contribution is 2.22. The van der Waals surface area contributed by atoms with E-state index < -0.39 is 6.09 Å².